The summed E-state index contributed by atoms with van der Waals surface area (Å²) < 4.78 is 11.1. The van der Waals surface area contributed by atoms with Crippen molar-refractivity contribution in [2.75, 3.05) is 7.11 Å². The summed E-state index contributed by atoms with van der Waals surface area (Å²) in [6, 6.07) is 13.0. The van der Waals surface area contributed by atoms with E-state index in [9.17, 15) is 4.79 Å². The molecule has 0 radical (unpaired) electrons. The summed E-state index contributed by atoms with van der Waals surface area (Å²) in [7, 11) is 1.54. The van der Waals surface area contributed by atoms with Crippen LogP contribution in [0, 0.1) is 0 Å². The Bertz CT molecular complexity index is 885. The summed E-state index contributed by atoms with van der Waals surface area (Å²) in [5, 5.41) is 8.48. The highest BCUT2D eigenvalue weighted by molar-refractivity contribution is 5.90. The van der Waals surface area contributed by atoms with Crippen molar-refractivity contribution in [3.8, 4) is 11.5 Å². The summed E-state index contributed by atoms with van der Waals surface area (Å²) in [6.07, 6.45) is 2.76. The van der Waals surface area contributed by atoms with Gasteiger partial charge in [0, 0.05) is 6.08 Å². The van der Waals surface area contributed by atoms with E-state index in [4.69, 9.17) is 14.7 Å². The normalized spacial score (nSPS) is 11.0. The van der Waals surface area contributed by atoms with Crippen molar-refractivity contribution in [3.63, 3.8) is 0 Å². The van der Waals surface area contributed by atoms with Crippen LogP contribution in [0.15, 0.2) is 48.5 Å². The molecule has 3 aromatic rings. The number of H-pyrrole nitrogens is 1. The second-order valence-electron chi connectivity index (χ2n) is 5.21. The average Bonchev–Trinajstić information content (AvgIpc) is 3.07. The largest absolute Gasteiger partial charge is 0.493 e. The Kier molecular flexibility index (Phi) is 4.96. The van der Waals surface area contributed by atoms with Gasteiger partial charge >= 0.3 is 0 Å². The van der Waals surface area contributed by atoms with Gasteiger partial charge in [-0.2, -0.15) is 0 Å². The van der Waals surface area contributed by atoms with Crippen molar-refractivity contribution in [2.45, 2.75) is 6.61 Å². The highest BCUT2D eigenvalue weighted by Crippen LogP contribution is 2.29. The number of imidazole rings is 1. The Morgan fingerprint density at radius 3 is 2.88 bits per heavy atom. The first kappa shape index (κ1) is 16.5. The molecule has 1 heterocycles. The molecule has 7 heteroatoms. The number of rotatable bonds is 6. The maximum Gasteiger partial charge on any atom is 0.267 e. The highest BCUT2D eigenvalue weighted by Gasteiger charge is 2.08. The molecule has 7 nitrogen and oxygen atoms in total. The van der Waals surface area contributed by atoms with Crippen LogP contribution >= 0.6 is 0 Å². The molecule has 0 unspecified atom stereocenters. The first-order chi connectivity index (χ1) is 12.2. The van der Waals surface area contributed by atoms with Gasteiger partial charge in [0.05, 0.1) is 18.1 Å². The van der Waals surface area contributed by atoms with Crippen LogP contribution in [0.1, 0.15) is 11.4 Å². The van der Waals surface area contributed by atoms with E-state index >= 15 is 0 Å². The number of nitrogens with one attached hydrogen (secondary N) is 2. The molecule has 1 amide bonds. The summed E-state index contributed by atoms with van der Waals surface area (Å²) in [6.45, 7) is 0.271. The van der Waals surface area contributed by atoms with Crippen LogP contribution in [0.5, 0.6) is 11.5 Å². The third-order valence-electron chi connectivity index (χ3n) is 3.53. The molecule has 0 spiro atoms. The molecule has 2 aromatic carbocycles. The maximum absolute atomic E-state index is 11.0. The van der Waals surface area contributed by atoms with Gasteiger partial charge in [-0.15, -0.1) is 0 Å². The van der Waals surface area contributed by atoms with Crippen molar-refractivity contribution >= 4 is 23.0 Å². The predicted molar refractivity (Wildman–Crippen MR) is 92.4 cm³/mol. The lowest BCUT2D eigenvalue weighted by Gasteiger charge is -2.10. The molecule has 0 aliphatic carbocycles. The highest BCUT2D eigenvalue weighted by atomic mass is 16.5. The van der Waals surface area contributed by atoms with E-state index < -0.39 is 5.91 Å². The molecular weight excluding hydrogens is 322 g/mol. The molecule has 3 N–H and O–H groups in total. The van der Waals surface area contributed by atoms with Gasteiger partial charge < -0.3 is 14.5 Å². The van der Waals surface area contributed by atoms with E-state index in [0.717, 1.165) is 16.6 Å². The Morgan fingerprint density at radius 2 is 2.12 bits per heavy atom. The molecule has 0 saturated carbocycles. The lowest BCUT2D eigenvalue weighted by atomic mass is 10.2. The van der Waals surface area contributed by atoms with Crippen molar-refractivity contribution in [1.82, 2.24) is 15.4 Å². The molecule has 128 valence electrons. The number of methoxy groups -OCH3 is 1. The molecule has 25 heavy (non-hydrogen) atoms. The van der Waals surface area contributed by atoms with Gasteiger partial charge in [-0.25, -0.2) is 10.5 Å². The SMILES string of the molecule is COc1cc(C=CC(=O)NO)ccc1OCc1nc2ccccc2[nH]1. The van der Waals surface area contributed by atoms with Crippen molar-refractivity contribution in [3.05, 3.63) is 59.9 Å². The number of hydrogen-bond donors (Lipinski definition) is 3. The molecule has 0 aliphatic heterocycles. The minimum atomic E-state index is -0.607. The number of benzene rings is 2. The zero-order valence-electron chi connectivity index (χ0n) is 13.5. The number of carbonyl (C=O) groups is 1. The molecule has 0 saturated heterocycles. The van der Waals surface area contributed by atoms with Crippen molar-refractivity contribution in [2.24, 2.45) is 0 Å². The smallest absolute Gasteiger partial charge is 0.267 e. The standard InChI is InChI=1S/C18H17N3O4/c1-24-16-10-12(7-9-18(22)21-23)6-8-15(16)25-11-17-19-13-4-2-3-5-14(13)20-17/h2-10,23H,11H2,1H3,(H,19,20)(H,21,22). The Morgan fingerprint density at radius 1 is 1.28 bits per heavy atom. The van der Waals surface area contributed by atoms with Gasteiger partial charge in [-0.1, -0.05) is 18.2 Å². The number of fused-ring (bicyclic) bond motifs is 1. The maximum atomic E-state index is 11.0. The van der Waals surface area contributed by atoms with Crippen LogP contribution in [0.4, 0.5) is 0 Å². The number of nitrogens with zero attached hydrogens (tertiary/aromatic N) is 1. The van der Waals surface area contributed by atoms with Crippen LogP contribution in [0.2, 0.25) is 0 Å². The first-order valence-electron chi connectivity index (χ1n) is 7.56. The lowest BCUT2D eigenvalue weighted by Crippen LogP contribution is -2.14. The Hall–Kier alpha value is -3.32. The fourth-order valence-electron chi connectivity index (χ4n) is 2.34. The zero-order valence-corrected chi connectivity index (χ0v) is 13.5. The monoisotopic (exact) mass is 339 g/mol. The van der Waals surface area contributed by atoms with Gasteiger partial charge in [0.15, 0.2) is 11.5 Å². The molecule has 0 bridgehead atoms. The summed E-state index contributed by atoms with van der Waals surface area (Å²) in [5.74, 6) is 1.20. The summed E-state index contributed by atoms with van der Waals surface area (Å²) in [4.78, 5) is 18.7. The first-order valence-corrected chi connectivity index (χ1v) is 7.56. The quantitative estimate of drug-likeness (QED) is 0.364. The van der Waals surface area contributed by atoms with Crippen LogP contribution < -0.4 is 15.0 Å². The zero-order chi connectivity index (χ0) is 17.6. The van der Waals surface area contributed by atoms with Crippen LogP contribution in [0.3, 0.4) is 0 Å². The van der Waals surface area contributed by atoms with Crippen LogP contribution in [-0.4, -0.2) is 28.2 Å². The van der Waals surface area contributed by atoms with Gasteiger partial charge in [0.25, 0.3) is 5.91 Å². The number of carbonyl (C=O) groups excluding carboxylic acids is 1. The molecule has 0 fully saturated rings. The van der Waals surface area contributed by atoms with E-state index in [-0.39, 0.29) is 6.61 Å². The fraction of sp³-hybridized carbons (Fsp3) is 0.111. The average molecular weight is 339 g/mol. The van der Waals surface area contributed by atoms with Crippen LogP contribution in [0.25, 0.3) is 17.1 Å². The van der Waals surface area contributed by atoms with Crippen molar-refractivity contribution < 1.29 is 19.5 Å². The molecule has 0 aliphatic rings. The van der Waals surface area contributed by atoms with E-state index in [2.05, 4.69) is 9.97 Å². The van der Waals surface area contributed by atoms with E-state index in [1.165, 1.54) is 18.7 Å². The molecular formula is C18H17N3O4. The Balaban J connectivity index is 1.73. The molecule has 3 rings (SSSR count). The lowest BCUT2D eigenvalue weighted by molar-refractivity contribution is -0.124. The van der Waals surface area contributed by atoms with Gasteiger partial charge in [-0.05, 0) is 35.9 Å². The second-order valence-corrected chi connectivity index (χ2v) is 5.21. The van der Waals surface area contributed by atoms with Gasteiger partial charge in [0.2, 0.25) is 0 Å². The van der Waals surface area contributed by atoms with Crippen molar-refractivity contribution in [1.29, 1.82) is 0 Å². The summed E-state index contributed by atoms with van der Waals surface area (Å²) in [5.41, 5.74) is 4.10. The van der Waals surface area contributed by atoms with E-state index in [1.807, 2.05) is 24.3 Å². The topological polar surface area (TPSA) is 96.5 Å². The third-order valence-corrected chi connectivity index (χ3v) is 3.53. The van der Waals surface area contributed by atoms with E-state index in [1.54, 1.807) is 24.3 Å². The minimum Gasteiger partial charge on any atom is -0.493 e. The number of amides is 1. The number of hydrogen-bond acceptors (Lipinski definition) is 5. The van der Waals surface area contributed by atoms with Crippen LogP contribution in [-0.2, 0) is 11.4 Å². The number of aromatic amines is 1. The van der Waals surface area contributed by atoms with Gasteiger partial charge in [0.1, 0.15) is 12.4 Å². The minimum absolute atomic E-state index is 0.271. The predicted octanol–water partition coefficient (Wildman–Crippen LogP) is 2.67. The number of aromatic nitrogens is 2. The second kappa shape index (κ2) is 7.50. The Labute approximate surface area is 143 Å². The third kappa shape index (κ3) is 3.96. The van der Waals surface area contributed by atoms with Gasteiger partial charge in [-0.3, -0.25) is 10.0 Å². The number of ether oxygens (including phenoxy) is 2. The number of hydroxylamine groups is 1. The molecule has 1 aromatic heterocycles. The fourth-order valence-corrected chi connectivity index (χ4v) is 2.34. The number of para-hydroxylation sites is 2. The van der Waals surface area contributed by atoms with E-state index in [0.29, 0.717) is 17.3 Å². The summed E-state index contributed by atoms with van der Waals surface area (Å²) >= 11 is 0. The molecule has 0 atom stereocenters.